The summed E-state index contributed by atoms with van der Waals surface area (Å²) >= 11 is 0. The first-order valence-electron chi connectivity index (χ1n) is 7.27. The molecular weight excluding hydrogens is 238 g/mol. The average Bonchev–Trinajstić information content (AvgIpc) is 2.32. The van der Waals surface area contributed by atoms with E-state index in [2.05, 4.69) is 5.32 Å². The number of aromatic hydroxyl groups is 1. The first kappa shape index (κ1) is 13.9. The SMILES string of the molecule is Cc1ccc(NC(=O)C2CCCCCCC2)c(O)c1. The Kier molecular flexibility index (Phi) is 4.83. The molecule has 2 rings (SSSR count). The minimum atomic E-state index is 0.0565. The van der Waals surface area contributed by atoms with Crippen LogP contribution in [0.15, 0.2) is 18.2 Å². The van der Waals surface area contributed by atoms with E-state index in [1.165, 1.54) is 19.3 Å². The zero-order valence-corrected chi connectivity index (χ0v) is 11.6. The van der Waals surface area contributed by atoms with E-state index in [9.17, 15) is 9.90 Å². The molecule has 1 aromatic carbocycles. The molecule has 3 nitrogen and oxygen atoms in total. The van der Waals surface area contributed by atoms with Gasteiger partial charge in [0.15, 0.2) is 0 Å². The third-order valence-electron chi connectivity index (χ3n) is 3.89. The summed E-state index contributed by atoms with van der Waals surface area (Å²) in [5.74, 6) is 0.307. The van der Waals surface area contributed by atoms with E-state index in [1.807, 2.05) is 13.0 Å². The van der Waals surface area contributed by atoms with Crippen molar-refractivity contribution < 1.29 is 9.90 Å². The second-order valence-corrected chi connectivity index (χ2v) is 5.55. The highest BCUT2D eigenvalue weighted by molar-refractivity contribution is 5.93. The third-order valence-corrected chi connectivity index (χ3v) is 3.89. The van der Waals surface area contributed by atoms with Crippen LogP contribution < -0.4 is 5.32 Å². The molecule has 1 aliphatic rings. The van der Waals surface area contributed by atoms with Crippen LogP contribution in [0.3, 0.4) is 0 Å². The summed E-state index contributed by atoms with van der Waals surface area (Å²) in [6.07, 6.45) is 7.99. The molecule has 1 aliphatic carbocycles. The van der Waals surface area contributed by atoms with Gasteiger partial charge < -0.3 is 10.4 Å². The smallest absolute Gasteiger partial charge is 0.227 e. The maximum Gasteiger partial charge on any atom is 0.227 e. The summed E-state index contributed by atoms with van der Waals surface area (Å²) in [4.78, 5) is 12.2. The van der Waals surface area contributed by atoms with E-state index in [-0.39, 0.29) is 17.6 Å². The highest BCUT2D eigenvalue weighted by atomic mass is 16.3. The highest BCUT2D eigenvalue weighted by Crippen LogP contribution is 2.27. The molecule has 19 heavy (non-hydrogen) atoms. The Bertz CT molecular complexity index is 434. The van der Waals surface area contributed by atoms with Gasteiger partial charge in [0.05, 0.1) is 5.69 Å². The van der Waals surface area contributed by atoms with Gasteiger partial charge in [0, 0.05) is 5.92 Å². The molecule has 0 aromatic heterocycles. The lowest BCUT2D eigenvalue weighted by Gasteiger charge is -2.19. The van der Waals surface area contributed by atoms with Crippen molar-refractivity contribution in [3.63, 3.8) is 0 Å². The Morgan fingerprint density at radius 3 is 2.42 bits per heavy atom. The topological polar surface area (TPSA) is 49.3 Å². The molecular formula is C16H23NO2. The normalized spacial score (nSPS) is 17.5. The second-order valence-electron chi connectivity index (χ2n) is 5.55. The molecule has 0 saturated heterocycles. The van der Waals surface area contributed by atoms with Gasteiger partial charge in [-0.05, 0) is 37.5 Å². The van der Waals surface area contributed by atoms with Crippen molar-refractivity contribution in [2.45, 2.75) is 51.9 Å². The number of nitrogens with one attached hydrogen (secondary N) is 1. The predicted molar refractivity (Wildman–Crippen MR) is 77.3 cm³/mol. The van der Waals surface area contributed by atoms with Crippen molar-refractivity contribution in [1.29, 1.82) is 0 Å². The van der Waals surface area contributed by atoms with Crippen molar-refractivity contribution in [2.75, 3.05) is 5.32 Å². The second kappa shape index (κ2) is 6.60. The van der Waals surface area contributed by atoms with Crippen LogP contribution >= 0.6 is 0 Å². The van der Waals surface area contributed by atoms with Gasteiger partial charge in [0.25, 0.3) is 0 Å². The average molecular weight is 261 g/mol. The third kappa shape index (κ3) is 3.98. The molecule has 1 fully saturated rings. The number of amides is 1. The summed E-state index contributed by atoms with van der Waals surface area (Å²) in [5, 5.41) is 12.7. The minimum Gasteiger partial charge on any atom is -0.506 e. The fraction of sp³-hybridized carbons (Fsp3) is 0.562. The first-order valence-corrected chi connectivity index (χ1v) is 7.27. The molecule has 1 aromatic rings. The number of phenols is 1. The van der Waals surface area contributed by atoms with Crippen LogP contribution in [-0.4, -0.2) is 11.0 Å². The van der Waals surface area contributed by atoms with Crippen LogP contribution in [0.2, 0.25) is 0 Å². The molecule has 2 N–H and O–H groups in total. The first-order chi connectivity index (χ1) is 9.16. The van der Waals surface area contributed by atoms with Gasteiger partial charge in [-0.2, -0.15) is 0 Å². The van der Waals surface area contributed by atoms with Crippen molar-refractivity contribution in [3.8, 4) is 5.75 Å². The molecule has 0 atom stereocenters. The number of carbonyl (C=O) groups is 1. The number of benzene rings is 1. The minimum absolute atomic E-state index is 0.0565. The number of hydrogen-bond donors (Lipinski definition) is 2. The molecule has 1 saturated carbocycles. The molecule has 0 heterocycles. The number of phenolic OH excluding ortho intramolecular Hbond substituents is 1. The van der Waals surface area contributed by atoms with E-state index in [0.29, 0.717) is 5.69 Å². The quantitative estimate of drug-likeness (QED) is 0.790. The molecule has 0 spiro atoms. The van der Waals surface area contributed by atoms with Crippen LogP contribution in [-0.2, 0) is 4.79 Å². The van der Waals surface area contributed by atoms with E-state index in [0.717, 1.165) is 31.2 Å². The van der Waals surface area contributed by atoms with Crippen molar-refractivity contribution >= 4 is 11.6 Å². The van der Waals surface area contributed by atoms with E-state index >= 15 is 0 Å². The van der Waals surface area contributed by atoms with Crippen LogP contribution in [0.1, 0.15) is 50.5 Å². The van der Waals surface area contributed by atoms with E-state index < -0.39 is 0 Å². The zero-order chi connectivity index (χ0) is 13.7. The molecule has 1 amide bonds. The Morgan fingerprint density at radius 1 is 1.16 bits per heavy atom. The summed E-state index contributed by atoms with van der Waals surface area (Å²) in [6.45, 7) is 1.92. The van der Waals surface area contributed by atoms with Gasteiger partial charge in [0.1, 0.15) is 5.75 Å². The molecule has 0 unspecified atom stereocenters. The summed E-state index contributed by atoms with van der Waals surface area (Å²) in [7, 11) is 0. The lowest BCUT2D eigenvalue weighted by molar-refractivity contribution is -0.120. The van der Waals surface area contributed by atoms with E-state index in [4.69, 9.17) is 0 Å². The summed E-state index contributed by atoms with van der Waals surface area (Å²) < 4.78 is 0. The maximum absolute atomic E-state index is 12.2. The summed E-state index contributed by atoms with van der Waals surface area (Å²) in [6, 6.07) is 5.34. The number of carbonyl (C=O) groups excluding carboxylic acids is 1. The Labute approximate surface area is 115 Å². The van der Waals surface area contributed by atoms with Gasteiger partial charge in [-0.15, -0.1) is 0 Å². The lowest BCUT2D eigenvalue weighted by Crippen LogP contribution is -2.23. The molecule has 0 radical (unpaired) electrons. The highest BCUT2D eigenvalue weighted by Gasteiger charge is 2.20. The van der Waals surface area contributed by atoms with Gasteiger partial charge >= 0.3 is 0 Å². The fourth-order valence-electron chi connectivity index (χ4n) is 2.70. The largest absolute Gasteiger partial charge is 0.506 e. The predicted octanol–water partition coefficient (Wildman–Crippen LogP) is 4.00. The lowest BCUT2D eigenvalue weighted by atomic mass is 9.90. The van der Waals surface area contributed by atoms with Crippen LogP contribution in [0, 0.1) is 12.8 Å². The number of anilines is 1. The van der Waals surface area contributed by atoms with Crippen LogP contribution in [0.5, 0.6) is 5.75 Å². The standard InChI is InChI=1S/C16H23NO2/c1-12-9-10-14(15(18)11-12)17-16(19)13-7-5-3-2-4-6-8-13/h9-11,13,18H,2-8H2,1H3,(H,17,19). The van der Waals surface area contributed by atoms with Crippen LogP contribution in [0.25, 0.3) is 0 Å². The Morgan fingerprint density at radius 2 is 1.79 bits per heavy atom. The molecule has 3 heteroatoms. The molecule has 104 valence electrons. The van der Waals surface area contributed by atoms with Crippen LogP contribution in [0.4, 0.5) is 5.69 Å². The number of hydrogen-bond acceptors (Lipinski definition) is 2. The van der Waals surface area contributed by atoms with Crippen molar-refractivity contribution in [2.24, 2.45) is 5.92 Å². The zero-order valence-electron chi connectivity index (χ0n) is 11.6. The maximum atomic E-state index is 12.2. The number of rotatable bonds is 2. The molecule has 0 aliphatic heterocycles. The Balaban J connectivity index is 1.98. The van der Waals surface area contributed by atoms with Crippen molar-refractivity contribution in [1.82, 2.24) is 0 Å². The van der Waals surface area contributed by atoms with Gasteiger partial charge in [-0.3, -0.25) is 4.79 Å². The monoisotopic (exact) mass is 261 g/mol. The van der Waals surface area contributed by atoms with Crippen molar-refractivity contribution in [3.05, 3.63) is 23.8 Å². The summed E-state index contributed by atoms with van der Waals surface area (Å²) in [5.41, 5.74) is 1.51. The van der Waals surface area contributed by atoms with E-state index in [1.54, 1.807) is 12.1 Å². The Hall–Kier alpha value is -1.51. The molecule has 0 bridgehead atoms. The van der Waals surface area contributed by atoms with Gasteiger partial charge in [-0.25, -0.2) is 0 Å². The fourth-order valence-corrected chi connectivity index (χ4v) is 2.70. The number of aryl methyl sites for hydroxylation is 1. The van der Waals surface area contributed by atoms with Gasteiger partial charge in [-0.1, -0.05) is 38.2 Å². The van der Waals surface area contributed by atoms with Gasteiger partial charge in [0.2, 0.25) is 5.91 Å².